The number of piperidine rings is 1. The van der Waals surface area contributed by atoms with Crippen LogP contribution in [0.4, 0.5) is 0 Å². The maximum atomic E-state index is 12.3. The number of para-hydroxylation sites is 1. The Morgan fingerprint density at radius 1 is 1.29 bits per heavy atom. The summed E-state index contributed by atoms with van der Waals surface area (Å²) < 4.78 is 0. The predicted octanol–water partition coefficient (Wildman–Crippen LogP) is 1.36. The lowest BCUT2D eigenvalue weighted by Gasteiger charge is -2.34. The topological polar surface area (TPSA) is 60.2 Å². The van der Waals surface area contributed by atoms with E-state index in [9.17, 15) is 4.79 Å². The summed E-state index contributed by atoms with van der Waals surface area (Å²) >= 11 is 0. The molecule has 1 aliphatic heterocycles. The summed E-state index contributed by atoms with van der Waals surface area (Å²) in [6.45, 7) is 5.98. The number of hydrogen-bond donors (Lipinski definition) is 0. The van der Waals surface area contributed by atoms with Gasteiger partial charge in [-0.15, -0.1) is 5.10 Å². The van der Waals surface area contributed by atoms with E-state index < -0.39 is 0 Å². The van der Waals surface area contributed by atoms with Crippen LogP contribution in [0.15, 0.2) is 24.3 Å². The summed E-state index contributed by atoms with van der Waals surface area (Å²) in [5.41, 5.74) is 1.52. The van der Waals surface area contributed by atoms with E-state index in [1.807, 2.05) is 29.2 Å². The van der Waals surface area contributed by atoms with Gasteiger partial charge in [-0.25, -0.2) is 0 Å². The molecule has 6 heteroatoms. The van der Waals surface area contributed by atoms with E-state index in [2.05, 4.69) is 24.2 Å². The molecule has 0 spiro atoms. The quantitative estimate of drug-likeness (QED) is 0.855. The third-order valence-electron chi connectivity index (χ3n) is 3.85. The van der Waals surface area contributed by atoms with E-state index in [1.165, 1.54) is 11.3 Å². The molecule has 0 saturated carbocycles. The van der Waals surface area contributed by atoms with E-state index in [-0.39, 0.29) is 12.5 Å². The molecule has 1 aromatic carbocycles. The summed E-state index contributed by atoms with van der Waals surface area (Å²) in [6.07, 6.45) is 1.18. The van der Waals surface area contributed by atoms with Gasteiger partial charge in [-0.05, 0) is 35.6 Å². The second-order valence-electron chi connectivity index (χ2n) is 5.97. The van der Waals surface area contributed by atoms with Crippen LogP contribution >= 0.6 is 0 Å². The van der Waals surface area contributed by atoms with Gasteiger partial charge in [-0.2, -0.15) is 0 Å². The lowest BCUT2D eigenvalue weighted by atomic mass is 9.92. The Kier molecular flexibility index (Phi) is 3.77. The Hall–Kier alpha value is -2.11. The molecular weight excluding hydrogens is 268 g/mol. The standard InChI is InChI=1S/C15H20N4O2/c1-11-7-12(2)9-18(8-11)15(20)10-21-19-14-6-4-3-5-13(14)16-17-19/h3-6,11-12H,7-10H2,1-2H3/t11-,12+. The number of carbonyl (C=O) groups is 1. The largest absolute Gasteiger partial charge is 0.385 e. The average Bonchev–Trinajstić information content (AvgIpc) is 2.87. The molecule has 2 aromatic rings. The Balaban J connectivity index is 1.63. The van der Waals surface area contributed by atoms with Gasteiger partial charge in [-0.3, -0.25) is 4.79 Å². The SMILES string of the molecule is C[C@@H]1C[C@H](C)CN(C(=O)COn2nnc3ccccc32)C1. The molecule has 1 aromatic heterocycles. The van der Waals surface area contributed by atoms with Crippen LogP contribution in [0.3, 0.4) is 0 Å². The molecule has 1 saturated heterocycles. The van der Waals surface area contributed by atoms with E-state index in [1.54, 1.807) is 0 Å². The molecule has 0 unspecified atom stereocenters. The molecule has 1 amide bonds. The molecule has 0 N–H and O–H groups in total. The molecule has 6 nitrogen and oxygen atoms in total. The number of nitrogens with zero attached hydrogens (tertiary/aromatic N) is 4. The zero-order valence-electron chi connectivity index (χ0n) is 12.4. The highest BCUT2D eigenvalue weighted by Gasteiger charge is 2.25. The molecule has 3 rings (SSSR count). The summed E-state index contributed by atoms with van der Waals surface area (Å²) in [4.78, 5) is 21.0. The number of aromatic nitrogens is 3. The van der Waals surface area contributed by atoms with Gasteiger partial charge in [-0.1, -0.05) is 30.8 Å². The molecule has 112 valence electrons. The van der Waals surface area contributed by atoms with Gasteiger partial charge >= 0.3 is 0 Å². The van der Waals surface area contributed by atoms with Crippen LogP contribution in [-0.2, 0) is 4.79 Å². The summed E-state index contributed by atoms with van der Waals surface area (Å²) in [5.74, 6) is 1.10. The fourth-order valence-corrected chi connectivity index (χ4v) is 3.02. The monoisotopic (exact) mass is 288 g/mol. The van der Waals surface area contributed by atoms with Crippen molar-refractivity contribution in [3.05, 3.63) is 24.3 Å². The Morgan fingerprint density at radius 2 is 2.00 bits per heavy atom. The van der Waals surface area contributed by atoms with E-state index >= 15 is 0 Å². The van der Waals surface area contributed by atoms with Gasteiger partial charge in [0.15, 0.2) is 6.61 Å². The number of benzene rings is 1. The highest BCUT2D eigenvalue weighted by atomic mass is 16.7. The van der Waals surface area contributed by atoms with Gasteiger partial charge in [0.25, 0.3) is 5.91 Å². The van der Waals surface area contributed by atoms with Crippen LogP contribution in [-0.4, -0.2) is 45.7 Å². The van der Waals surface area contributed by atoms with Crippen LogP contribution in [0.2, 0.25) is 0 Å². The minimum absolute atomic E-state index is 0.00715. The number of likely N-dealkylation sites (tertiary alicyclic amines) is 1. The first-order valence-corrected chi connectivity index (χ1v) is 7.35. The zero-order chi connectivity index (χ0) is 14.8. The van der Waals surface area contributed by atoms with Gasteiger partial charge < -0.3 is 9.74 Å². The van der Waals surface area contributed by atoms with Crippen LogP contribution < -0.4 is 4.84 Å². The first kappa shape index (κ1) is 13.9. The first-order chi connectivity index (χ1) is 10.1. The number of fused-ring (bicyclic) bond motifs is 1. The van der Waals surface area contributed by atoms with Crippen molar-refractivity contribution in [2.24, 2.45) is 11.8 Å². The van der Waals surface area contributed by atoms with E-state index in [0.717, 1.165) is 24.1 Å². The Bertz CT molecular complexity index is 629. The van der Waals surface area contributed by atoms with Crippen molar-refractivity contribution in [2.75, 3.05) is 19.7 Å². The average molecular weight is 288 g/mol. The maximum Gasteiger partial charge on any atom is 0.263 e. The van der Waals surface area contributed by atoms with Crippen molar-refractivity contribution in [2.45, 2.75) is 20.3 Å². The minimum atomic E-state index is -0.00715. The molecule has 0 radical (unpaired) electrons. The second kappa shape index (κ2) is 5.71. The Morgan fingerprint density at radius 3 is 2.76 bits per heavy atom. The van der Waals surface area contributed by atoms with Crippen molar-refractivity contribution in [3.8, 4) is 0 Å². The zero-order valence-corrected chi connectivity index (χ0v) is 12.4. The molecule has 2 heterocycles. The third-order valence-corrected chi connectivity index (χ3v) is 3.85. The van der Waals surface area contributed by atoms with Crippen molar-refractivity contribution < 1.29 is 9.63 Å². The summed E-state index contributed by atoms with van der Waals surface area (Å²) in [5, 5.41) is 7.91. The molecule has 2 atom stereocenters. The predicted molar refractivity (Wildman–Crippen MR) is 78.5 cm³/mol. The van der Waals surface area contributed by atoms with Crippen molar-refractivity contribution >= 4 is 16.9 Å². The minimum Gasteiger partial charge on any atom is -0.385 e. The highest BCUT2D eigenvalue weighted by molar-refractivity contribution is 5.78. The highest BCUT2D eigenvalue weighted by Crippen LogP contribution is 2.20. The van der Waals surface area contributed by atoms with Crippen LogP contribution in [0.1, 0.15) is 20.3 Å². The van der Waals surface area contributed by atoms with Gasteiger partial charge in [0.05, 0.1) is 0 Å². The van der Waals surface area contributed by atoms with Gasteiger partial charge in [0.2, 0.25) is 0 Å². The van der Waals surface area contributed by atoms with E-state index in [0.29, 0.717) is 11.8 Å². The first-order valence-electron chi connectivity index (χ1n) is 7.35. The molecule has 1 aliphatic rings. The molecular formula is C15H20N4O2. The molecule has 0 bridgehead atoms. The van der Waals surface area contributed by atoms with Crippen molar-refractivity contribution in [1.82, 2.24) is 20.1 Å². The fraction of sp³-hybridized carbons (Fsp3) is 0.533. The smallest absolute Gasteiger partial charge is 0.263 e. The number of amides is 1. The van der Waals surface area contributed by atoms with Gasteiger partial charge in [0, 0.05) is 13.1 Å². The second-order valence-corrected chi connectivity index (χ2v) is 5.97. The Labute approximate surface area is 123 Å². The number of hydrogen-bond acceptors (Lipinski definition) is 4. The van der Waals surface area contributed by atoms with Gasteiger partial charge in [0.1, 0.15) is 11.0 Å². The van der Waals surface area contributed by atoms with Crippen molar-refractivity contribution in [3.63, 3.8) is 0 Å². The summed E-state index contributed by atoms with van der Waals surface area (Å²) in [7, 11) is 0. The molecule has 21 heavy (non-hydrogen) atoms. The lowest BCUT2D eigenvalue weighted by Crippen LogP contribution is -2.45. The van der Waals surface area contributed by atoms with Crippen LogP contribution in [0.5, 0.6) is 0 Å². The molecule has 0 aliphatic carbocycles. The lowest BCUT2D eigenvalue weighted by molar-refractivity contribution is -0.139. The summed E-state index contributed by atoms with van der Waals surface area (Å²) in [6, 6.07) is 7.51. The van der Waals surface area contributed by atoms with E-state index in [4.69, 9.17) is 4.84 Å². The third kappa shape index (κ3) is 2.99. The number of rotatable bonds is 3. The van der Waals surface area contributed by atoms with Crippen LogP contribution in [0.25, 0.3) is 11.0 Å². The fourth-order valence-electron chi connectivity index (χ4n) is 3.02. The molecule has 1 fully saturated rings. The normalized spacial score (nSPS) is 22.5. The van der Waals surface area contributed by atoms with Crippen molar-refractivity contribution in [1.29, 1.82) is 0 Å². The van der Waals surface area contributed by atoms with Crippen LogP contribution in [0, 0.1) is 11.8 Å². The number of carbonyl (C=O) groups excluding carboxylic acids is 1. The maximum absolute atomic E-state index is 12.3.